The van der Waals surface area contributed by atoms with Crippen molar-refractivity contribution in [3.05, 3.63) is 41.5 Å². The van der Waals surface area contributed by atoms with Gasteiger partial charge in [-0.05, 0) is 48.7 Å². The van der Waals surface area contributed by atoms with Crippen LogP contribution >= 0.6 is 11.3 Å². The van der Waals surface area contributed by atoms with Crippen LogP contribution in [0.4, 0.5) is 17.2 Å². The molecule has 0 aliphatic carbocycles. The van der Waals surface area contributed by atoms with Crippen LogP contribution in [0.5, 0.6) is 0 Å². The topological polar surface area (TPSA) is 44.3 Å². The highest BCUT2D eigenvalue weighted by atomic mass is 32.1. The smallest absolute Gasteiger partial charge is 0.151 e. The Labute approximate surface area is 152 Å². The predicted octanol–water partition coefficient (Wildman–Crippen LogP) is 3.89. The van der Waals surface area contributed by atoms with Crippen LogP contribution in [-0.2, 0) is 0 Å². The Morgan fingerprint density at radius 2 is 1.84 bits per heavy atom. The van der Waals surface area contributed by atoms with Gasteiger partial charge in [0.05, 0.1) is 10.2 Å². The molecule has 4 rings (SSSR count). The Morgan fingerprint density at radius 3 is 2.56 bits per heavy atom. The summed E-state index contributed by atoms with van der Waals surface area (Å²) in [5.41, 5.74) is 4.59. The van der Waals surface area contributed by atoms with Crippen LogP contribution in [0.25, 0.3) is 10.2 Å². The molecule has 1 saturated heterocycles. The number of nitrogens with one attached hydrogen (secondary N) is 1. The van der Waals surface area contributed by atoms with Crippen molar-refractivity contribution in [1.82, 2.24) is 14.9 Å². The van der Waals surface area contributed by atoms with Gasteiger partial charge >= 0.3 is 0 Å². The third-order valence-electron chi connectivity index (χ3n) is 4.85. The second-order valence-electron chi connectivity index (χ2n) is 6.41. The number of anilines is 3. The molecule has 1 N–H and O–H groups in total. The van der Waals surface area contributed by atoms with Crippen molar-refractivity contribution in [2.45, 2.75) is 13.8 Å². The van der Waals surface area contributed by atoms with E-state index in [1.54, 1.807) is 17.7 Å². The summed E-state index contributed by atoms with van der Waals surface area (Å²) in [6.07, 6.45) is 1.63. The first-order chi connectivity index (χ1) is 12.2. The van der Waals surface area contributed by atoms with Gasteiger partial charge in [-0.15, -0.1) is 11.3 Å². The Hall–Kier alpha value is -2.18. The highest BCUT2D eigenvalue weighted by molar-refractivity contribution is 7.18. The molecule has 1 fully saturated rings. The molecule has 0 radical (unpaired) electrons. The first-order valence-electron chi connectivity index (χ1n) is 8.78. The lowest BCUT2D eigenvalue weighted by Gasteiger charge is -2.35. The Morgan fingerprint density at radius 1 is 1.08 bits per heavy atom. The molecule has 0 unspecified atom stereocenters. The molecule has 3 heterocycles. The quantitative estimate of drug-likeness (QED) is 0.771. The van der Waals surface area contributed by atoms with E-state index in [1.165, 1.54) is 11.3 Å². The summed E-state index contributed by atoms with van der Waals surface area (Å²) in [5.74, 6) is 0.882. The molecule has 130 valence electrons. The minimum absolute atomic E-state index is 0.882. The van der Waals surface area contributed by atoms with E-state index in [1.807, 2.05) is 0 Å². The summed E-state index contributed by atoms with van der Waals surface area (Å²) < 4.78 is 1.11. The number of aromatic nitrogens is 2. The van der Waals surface area contributed by atoms with Gasteiger partial charge in [-0.1, -0.05) is 6.92 Å². The van der Waals surface area contributed by atoms with Gasteiger partial charge in [0.2, 0.25) is 0 Å². The van der Waals surface area contributed by atoms with Crippen LogP contribution in [0.15, 0.2) is 36.0 Å². The number of likely N-dealkylation sites (N-methyl/N-ethyl adjacent to an activating group) is 1. The fraction of sp³-hybridized carbons (Fsp3) is 0.368. The third kappa shape index (κ3) is 3.32. The van der Waals surface area contributed by atoms with Crippen LogP contribution in [0.3, 0.4) is 0 Å². The van der Waals surface area contributed by atoms with Gasteiger partial charge in [0.1, 0.15) is 6.33 Å². The van der Waals surface area contributed by atoms with Crippen molar-refractivity contribution in [2.75, 3.05) is 42.9 Å². The van der Waals surface area contributed by atoms with Crippen LogP contribution in [0, 0.1) is 6.92 Å². The molecule has 1 aliphatic rings. The highest BCUT2D eigenvalue weighted by Crippen LogP contribution is 2.30. The normalized spacial score (nSPS) is 15.7. The molecule has 6 heteroatoms. The number of fused-ring (bicyclic) bond motifs is 1. The second-order valence-corrected chi connectivity index (χ2v) is 7.29. The number of piperazine rings is 1. The molecular weight excluding hydrogens is 330 g/mol. The number of nitrogens with zero attached hydrogens (tertiary/aromatic N) is 4. The van der Waals surface area contributed by atoms with Crippen molar-refractivity contribution >= 4 is 38.7 Å². The maximum Gasteiger partial charge on any atom is 0.151 e. The van der Waals surface area contributed by atoms with Gasteiger partial charge in [0.15, 0.2) is 5.82 Å². The molecule has 2 aromatic heterocycles. The summed E-state index contributed by atoms with van der Waals surface area (Å²) in [6, 6.07) is 8.66. The van der Waals surface area contributed by atoms with E-state index in [2.05, 4.69) is 68.6 Å². The first-order valence-corrected chi connectivity index (χ1v) is 9.65. The van der Waals surface area contributed by atoms with Crippen molar-refractivity contribution < 1.29 is 0 Å². The summed E-state index contributed by atoms with van der Waals surface area (Å²) in [6.45, 7) is 9.95. The Kier molecular flexibility index (Phi) is 4.55. The van der Waals surface area contributed by atoms with Crippen LogP contribution in [-0.4, -0.2) is 47.6 Å². The van der Waals surface area contributed by atoms with Gasteiger partial charge in [-0.25, -0.2) is 9.97 Å². The van der Waals surface area contributed by atoms with E-state index in [0.717, 1.165) is 54.4 Å². The lowest BCUT2D eigenvalue weighted by molar-refractivity contribution is 0.271. The standard InChI is InChI=1S/C19H23N5S/c1-3-23-8-10-24(11-9-23)16-6-4-15(5-7-16)22-19-18-17(20-13-21-19)14(2)12-25-18/h4-7,12-13H,3,8-11H2,1-2H3,(H,20,21,22). The maximum atomic E-state index is 4.42. The maximum absolute atomic E-state index is 4.42. The monoisotopic (exact) mass is 353 g/mol. The fourth-order valence-corrected chi connectivity index (χ4v) is 4.22. The largest absolute Gasteiger partial charge is 0.369 e. The van der Waals surface area contributed by atoms with Crippen molar-refractivity contribution in [1.29, 1.82) is 0 Å². The molecule has 0 atom stereocenters. The summed E-state index contributed by atoms with van der Waals surface area (Å²) in [4.78, 5) is 13.8. The number of benzene rings is 1. The molecule has 1 aromatic carbocycles. The van der Waals surface area contributed by atoms with E-state index < -0.39 is 0 Å². The van der Waals surface area contributed by atoms with E-state index in [0.29, 0.717) is 0 Å². The predicted molar refractivity (Wildman–Crippen MR) is 106 cm³/mol. The molecular formula is C19H23N5S. The lowest BCUT2D eigenvalue weighted by Crippen LogP contribution is -2.46. The molecule has 0 bridgehead atoms. The third-order valence-corrected chi connectivity index (χ3v) is 5.94. The Balaban J connectivity index is 1.49. The molecule has 0 spiro atoms. The fourth-order valence-electron chi connectivity index (χ4n) is 3.27. The van der Waals surface area contributed by atoms with Gasteiger partial charge in [0, 0.05) is 37.6 Å². The highest BCUT2D eigenvalue weighted by Gasteiger charge is 2.15. The summed E-state index contributed by atoms with van der Waals surface area (Å²) >= 11 is 1.69. The average molecular weight is 353 g/mol. The van der Waals surface area contributed by atoms with Crippen LogP contribution in [0.1, 0.15) is 12.5 Å². The van der Waals surface area contributed by atoms with Crippen molar-refractivity contribution in [2.24, 2.45) is 0 Å². The molecule has 5 nitrogen and oxygen atoms in total. The van der Waals surface area contributed by atoms with E-state index in [4.69, 9.17) is 0 Å². The minimum atomic E-state index is 0.882. The minimum Gasteiger partial charge on any atom is -0.369 e. The number of rotatable bonds is 4. The van der Waals surface area contributed by atoms with Crippen LogP contribution < -0.4 is 10.2 Å². The molecule has 3 aromatic rings. The zero-order valence-electron chi connectivity index (χ0n) is 14.7. The number of hydrogen-bond donors (Lipinski definition) is 1. The van der Waals surface area contributed by atoms with Crippen molar-refractivity contribution in [3.8, 4) is 0 Å². The van der Waals surface area contributed by atoms with E-state index in [-0.39, 0.29) is 0 Å². The van der Waals surface area contributed by atoms with Gasteiger partial charge in [-0.3, -0.25) is 0 Å². The first kappa shape index (κ1) is 16.3. The summed E-state index contributed by atoms with van der Waals surface area (Å²) in [7, 11) is 0. The number of hydrogen-bond acceptors (Lipinski definition) is 6. The summed E-state index contributed by atoms with van der Waals surface area (Å²) in [5, 5.41) is 5.57. The van der Waals surface area contributed by atoms with Gasteiger partial charge in [-0.2, -0.15) is 0 Å². The molecule has 0 saturated carbocycles. The van der Waals surface area contributed by atoms with Crippen LogP contribution in [0.2, 0.25) is 0 Å². The zero-order chi connectivity index (χ0) is 17.2. The van der Waals surface area contributed by atoms with E-state index >= 15 is 0 Å². The van der Waals surface area contributed by atoms with Crippen molar-refractivity contribution in [3.63, 3.8) is 0 Å². The number of aryl methyl sites for hydroxylation is 1. The zero-order valence-corrected chi connectivity index (χ0v) is 15.5. The molecule has 0 amide bonds. The second kappa shape index (κ2) is 6.98. The van der Waals surface area contributed by atoms with E-state index in [9.17, 15) is 0 Å². The molecule has 1 aliphatic heterocycles. The number of thiophene rings is 1. The van der Waals surface area contributed by atoms with Gasteiger partial charge < -0.3 is 15.1 Å². The molecule has 25 heavy (non-hydrogen) atoms. The SMILES string of the molecule is CCN1CCN(c2ccc(Nc3ncnc4c(C)csc34)cc2)CC1. The van der Waals surface area contributed by atoms with Gasteiger partial charge in [0.25, 0.3) is 0 Å². The Bertz CT molecular complexity index is 850. The lowest BCUT2D eigenvalue weighted by atomic mass is 10.2. The average Bonchev–Trinajstić information content (AvgIpc) is 3.05.